The van der Waals surface area contributed by atoms with E-state index in [1.54, 1.807) is 19.5 Å². The van der Waals surface area contributed by atoms with Crippen molar-refractivity contribution in [3.8, 4) is 0 Å². The van der Waals surface area contributed by atoms with Gasteiger partial charge < -0.3 is 9.84 Å². The van der Waals surface area contributed by atoms with Crippen LogP contribution in [0.1, 0.15) is 31.2 Å². The predicted octanol–water partition coefficient (Wildman–Crippen LogP) is 1.86. The third-order valence-electron chi connectivity index (χ3n) is 3.25. The largest absolute Gasteiger partial charge is 0.382 e. The van der Waals surface area contributed by atoms with Gasteiger partial charge in [0.1, 0.15) is 5.60 Å². The molecule has 1 aliphatic rings. The molecule has 3 nitrogen and oxygen atoms in total. The molecule has 1 saturated carbocycles. The van der Waals surface area contributed by atoms with E-state index in [9.17, 15) is 5.11 Å². The first-order valence-electron chi connectivity index (χ1n) is 5.43. The van der Waals surface area contributed by atoms with Gasteiger partial charge in [-0.05, 0) is 18.9 Å². The molecule has 1 aliphatic carbocycles. The van der Waals surface area contributed by atoms with Gasteiger partial charge in [-0.1, -0.05) is 18.9 Å². The monoisotopic (exact) mass is 207 g/mol. The Balaban J connectivity index is 2.30. The average molecular weight is 207 g/mol. The van der Waals surface area contributed by atoms with E-state index in [1.807, 2.05) is 12.1 Å². The standard InChI is InChI=1S/C12H17NO2/c1-15-11-6-2-3-7-12(11,14)10-5-4-8-13-9-10/h4-5,8-9,11,14H,2-3,6-7H2,1H3/t11-,12-/m0/s1. The predicted molar refractivity (Wildman–Crippen MR) is 57.4 cm³/mol. The van der Waals surface area contributed by atoms with Crippen molar-refractivity contribution < 1.29 is 9.84 Å². The Kier molecular flexibility index (Phi) is 3.03. The van der Waals surface area contributed by atoms with Gasteiger partial charge in [-0.25, -0.2) is 0 Å². The lowest BCUT2D eigenvalue weighted by Crippen LogP contribution is -2.43. The number of rotatable bonds is 2. The highest BCUT2D eigenvalue weighted by molar-refractivity contribution is 5.20. The second-order valence-corrected chi connectivity index (χ2v) is 4.14. The molecule has 1 fully saturated rings. The van der Waals surface area contributed by atoms with Crippen LogP contribution in [0.3, 0.4) is 0 Å². The van der Waals surface area contributed by atoms with Crippen LogP contribution in [0, 0.1) is 0 Å². The van der Waals surface area contributed by atoms with Crippen molar-refractivity contribution >= 4 is 0 Å². The first-order valence-corrected chi connectivity index (χ1v) is 5.43. The summed E-state index contributed by atoms with van der Waals surface area (Å²) in [5.41, 5.74) is 0.0258. The molecule has 1 aromatic rings. The number of ether oxygens (including phenoxy) is 1. The molecule has 0 amide bonds. The Labute approximate surface area is 90.1 Å². The smallest absolute Gasteiger partial charge is 0.117 e. The fourth-order valence-electron chi connectivity index (χ4n) is 2.39. The summed E-state index contributed by atoms with van der Waals surface area (Å²) in [7, 11) is 1.66. The molecule has 82 valence electrons. The Bertz CT molecular complexity index is 315. The molecule has 1 N–H and O–H groups in total. The van der Waals surface area contributed by atoms with Crippen LogP contribution in [0.4, 0.5) is 0 Å². The van der Waals surface area contributed by atoms with E-state index in [0.29, 0.717) is 0 Å². The third kappa shape index (κ3) is 1.90. The molecular formula is C12H17NO2. The summed E-state index contributed by atoms with van der Waals surface area (Å²) in [6.45, 7) is 0. The minimum Gasteiger partial charge on any atom is -0.382 e. The topological polar surface area (TPSA) is 42.4 Å². The van der Waals surface area contributed by atoms with E-state index in [2.05, 4.69) is 4.98 Å². The fourth-order valence-corrected chi connectivity index (χ4v) is 2.39. The van der Waals surface area contributed by atoms with Crippen molar-refractivity contribution in [1.82, 2.24) is 4.98 Å². The zero-order valence-corrected chi connectivity index (χ0v) is 9.02. The van der Waals surface area contributed by atoms with Gasteiger partial charge in [-0.15, -0.1) is 0 Å². The van der Waals surface area contributed by atoms with Gasteiger partial charge in [-0.2, -0.15) is 0 Å². The summed E-state index contributed by atoms with van der Waals surface area (Å²) in [5, 5.41) is 10.6. The van der Waals surface area contributed by atoms with Crippen molar-refractivity contribution in [3.05, 3.63) is 30.1 Å². The second-order valence-electron chi connectivity index (χ2n) is 4.14. The second kappa shape index (κ2) is 4.29. The number of hydrogen-bond acceptors (Lipinski definition) is 3. The number of methoxy groups -OCH3 is 1. The van der Waals surface area contributed by atoms with Gasteiger partial charge in [0.2, 0.25) is 0 Å². The van der Waals surface area contributed by atoms with Crippen LogP contribution in [0.5, 0.6) is 0 Å². The maximum atomic E-state index is 10.6. The molecule has 2 atom stereocenters. The Morgan fingerprint density at radius 1 is 1.53 bits per heavy atom. The van der Waals surface area contributed by atoms with Crippen LogP contribution in [0.25, 0.3) is 0 Å². The summed E-state index contributed by atoms with van der Waals surface area (Å²) in [6, 6.07) is 3.78. The van der Waals surface area contributed by atoms with Gasteiger partial charge in [0.15, 0.2) is 0 Å². The summed E-state index contributed by atoms with van der Waals surface area (Å²) in [5.74, 6) is 0. The lowest BCUT2D eigenvalue weighted by Gasteiger charge is -2.39. The molecule has 2 rings (SSSR count). The van der Waals surface area contributed by atoms with E-state index in [-0.39, 0.29) is 6.10 Å². The number of aliphatic hydroxyl groups is 1. The molecule has 0 aromatic carbocycles. The van der Waals surface area contributed by atoms with Gasteiger partial charge in [-0.3, -0.25) is 4.98 Å². The maximum absolute atomic E-state index is 10.6. The molecule has 1 aromatic heterocycles. The van der Waals surface area contributed by atoms with Gasteiger partial charge in [0.25, 0.3) is 0 Å². The van der Waals surface area contributed by atoms with Gasteiger partial charge in [0.05, 0.1) is 6.10 Å². The number of pyridine rings is 1. The molecule has 0 spiro atoms. The van der Waals surface area contributed by atoms with Crippen LogP contribution in [-0.2, 0) is 10.3 Å². The first-order chi connectivity index (χ1) is 7.27. The third-order valence-corrected chi connectivity index (χ3v) is 3.25. The normalized spacial score (nSPS) is 31.5. The van der Waals surface area contributed by atoms with Crippen molar-refractivity contribution in [3.63, 3.8) is 0 Å². The van der Waals surface area contributed by atoms with Crippen LogP contribution >= 0.6 is 0 Å². The fraction of sp³-hybridized carbons (Fsp3) is 0.583. The lowest BCUT2D eigenvalue weighted by molar-refractivity contribution is -0.122. The van der Waals surface area contributed by atoms with Crippen molar-refractivity contribution in [2.45, 2.75) is 37.4 Å². The van der Waals surface area contributed by atoms with Crippen LogP contribution in [0.2, 0.25) is 0 Å². The summed E-state index contributed by atoms with van der Waals surface area (Å²) in [4.78, 5) is 4.06. The maximum Gasteiger partial charge on any atom is 0.117 e. The quantitative estimate of drug-likeness (QED) is 0.804. The number of nitrogens with zero attached hydrogens (tertiary/aromatic N) is 1. The van der Waals surface area contributed by atoms with Gasteiger partial charge in [0, 0.05) is 25.1 Å². The number of aromatic nitrogens is 1. The lowest BCUT2D eigenvalue weighted by atomic mass is 9.78. The van der Waals surface area contributed by atoms with E-state index in [0.717, 1.165) is 31.2 Å². The molecular weight excluding hydrogens is 190 g/mol. The zero-order chi connectivity index (χ0) is 10.7. The minimum absolute atomic E-state index is 0.101. The van der Waals surface area contributed by atoms with Crippen LogP contribution in [-0.4, -0.2) is 23.3 Å². The van der Waals surface area contributed by atoms with Crippen LogP contribution < -0.4 is 0 Å². The minimum atomic E-state index is -0.846. The molecule has 0 radical (unpaired) electrons. The Morgan fingerprint density at radius 3 is 3.07 bits per heavy atom. The first kappa shape index (κ1) is 10.6. The highest BCUT2D eigenvalue weighted by Crippen LogP contribution is 2.38. The summed E-state index contributed by atoms with van der Waals surface area (Å²) in [6.07, 6.45) is 7.20. The summed E-state index contributed by atoms with van der Waals surface area (Å²) < 4.78 is 5.38. The Hall–Kier alpha value is -0.930. The molecule has 0 saturated heterocycles. The van der Waals surface area contributed by atoms with E-state index >= 15 is 0 Å². The highest BCUT2D eigenvalue weighted by atomic mass is 16.5. The molecule has 0 aliphatic heterocycles. The molecule has 0 bridgehead atoms. The highest BCUT2D eigenvalue weighted by Gasteiger charge is 2.40. The van der Waals surface area contributed by atoms with Gasteiger partial charge >= 0.3 is 0 Å². The van der Waals surface area contributed by atoms with Crippen molar-refractivity contribution in [2.24, 2.45) is 0 Å². The van der Waals surface area contributed by atoms with E-state index < -0.39 is 5.60 Å². The molecule has 0 unspecified atom stereocenters. The molecule has 1 heterocycles. The number of hydrogen-bond donors (Lipinski definition) is 1. The Morgan fingerprint density at radius 2 is 2.40 bits per heavy atom. The average Bonchev–Trinajstić information content (AvgIpc) is 2.31. The molecule has 3 heteroatoms. The SMILES string of the molecule is CO[C@H]1CCCC[C@]1(O)c1cccnc1. The summed E-state index contributed by atoms with van der Waals surface area (Å²) >= 11 is 0. The van der Waals surface area contributed by atoms with E-state index in [4.69, 9.17) is 4.74 Å². The van der Waals surface area contributed by atoms with Crippen molar-refractivity contribution in [2.75, 3.05) is 7.11 Å². The molecule has 15 heavy (non-hydrogen) atoms. The zero-order valence-electron chi connectivity index (χ0n) is 9.02. The van der Waals surface area contributed by atoms with Crippen LogP contribution in [0.15, 0.2) is 24.5 Å². The van der Waals surface area contributed by atoms with Crippen molar-refractivity contribution in [1.29, 1.82) is 0 Å². The van der Waals surface area contributed by atoms with E-state index in [1.165, 1.54) is 0 Å².